The molecule has 1 unspecified atom stereocenters. The van der Waals surface area contributed by atoms with Gasteiger partial charge in [-0.2, -0.15) is 0 Å². The molecule has 1 heterocycles. The van der Waals surface area contributed by atoms with Crippen molar-refractivity contribution >= 4 is 46.6 Å². The van der Waals surface area contributed by atoms with Gasteiger partial charge in [-0.15, -0.1) is 0 Å². The molecular weight excluding hydrogens is 418 g/mol. The molecule has 31 heavy (non-hydrogen) atoms. The number of hydrogen-bond donors (Lipinski definition) is 1. The molecule has 0 saturated carbocycles. The highest BCUT2D eigenvalue weighted by Gasteiger charge is 2.52. The molecule has 2 aromatic rings. The van der Waals surface area contributed by atoms with Crippen molar-refractivity contribution in [3.8, 4) is 0 Å². The summed E-state index contributed by atoms with van der Waals surface area (Å²) in [4.78, 5) is 54.4. The van der Waals surface area contributed by atoms with Gasteiger partial charge >= 0.3 is 0 Å². The Hall–Kier alpha value is -3.19. The van der Waals surface area contributed by atoms with E-state index < -0.39 is 35.1 Å². The Morgan fingerprint density at radius 3 is 2.35 bits per heavy atom. The molecule has 162 valence electrons. The van der Waals surface area contributed by atoms with Gasteiger partial charge in [-0.25, -0.2) is 0 Å². The smallest absolute Gasteiger partial charge is 0.259 e. The van der Waals surface area contributed by atoms with Crippen LogP contribution in [0.15, 0.2) is 48.5 Å². The van der Waals surface area contributed by atoms with Gasteiger partial charge in [0, 0.05) is 19.2 Å². The Bertz CT molecular complexity index is 1050. The SMILES string of the molecule is Cc1ccc(Cl)c(NC(=O)C(C(=O)N(C)c2ccccc2)N2C(=O)CC(C)(C)C2=O)c1. The van der Waals surface area contributed by atoms with E-state index in [1.54, 1.807) is 62.4 Å². The number of benzene rings is 2. The maximum Gasteiger partial charge on any atom is 0.259 e. The first-order valence-corrected chi connectivity index (χ1v) is 10.2. The Labute approximate surface area is 186 Å². The van der Waals surface area contributed by atoms with Gasteiger partial charge in [0.15, 0.2) is 6.04 Å². The number of hydrogen-bond acceptors (Lipinski definition) is 4. The molecule has 0 bridgehead atoms. The van der Waals surface area contributed by atoms with Crippen LogP contribution in [0.5, 0.6) is 0 Å². The van der Waals surface area contributed by atoms with Crippen molar-refractivity contribution in [1.29, 1.82) is 0 Å². The summed E-state index contributed by atoms with van der Waals surface area (Å²) in [7, 11) is 1.49. The van der Waals surface area contributed by atoms with Crippen LogP contribution in [0.25, 0.3) is 0 Å². The molecular formula is C23H24ClN3O4. The van der Waals surface area contributed by atoms with Crippen LogP contribution < -0.4 is 10.2 Å². The molecule has 0 spiro atoms. The minimum absolute atomic E-state index is 0.0802. The number of nitrogens with one attached hydrogen (secondary N) is 1. The molecule has 1 N–H and O–H groups in total. The van der Waals surface area contributed by atoms with E-state index in [9.17, 15) is 19.2 Å². The van der Waals surface area contributed by atoms with Crippen molar-refractivity contribution in [2.75, 3.05) is 17.3 Å². The van der Waals surface area contributed by atoms with Crippen LogP contribution in [0, 0.1) is 12.3 Å². The Balaban J connectivity index is 2.01. The molecule has 2 aromatic carbocycles. The predicted molar refractivity (Wildman–Crippen MR) is 119 cm³/mol. The number of imide groups is 1. The fourth-order valence-corrected chi connectivity index (χ4v) is 3.64. The van der Waals surface area contributed by atoms with Crippen molar-refractivity contribution in [3.05, 3.63) is 59.1 Å². The van der Waals surface area contributed by atoms with Gasteiger partial charge in [-0.3, -0.25) is 24.1 Å². The van der Waals surface area contributed by atoms with Crippen LogP contribution in [-0.4, -0.2) is 41.6 Å². The highest BCUT2D eigenvalue weighted by atomic mass is 35.5. The lowest BCUT2D eigenvalue weighted by molar-refractivity contribution is -0.151. The summed E-state index contributed by atoms with van der Waals surface area (Å²) in [6.07, 6.45) is -0.0802. The monoisotopic (exact) mass is 441 g/mol. The van der Waals surface area contributed by atoms with E-state index in [1.165, 1.54) is 11.9 Å². The van der Waals surface area contributed by atoms with E-state index in [-0.39, 0.29) is 11.4 Å². The molecule has 1 fully saturated rings. The normalized spacial score (nSPS) is 16.2. The van der Waals surface area contributed by atoms with E-state index in [1.807, 2.05) is 6.92 Å². The maximum atomic E-state index is 13.4. The second-order valence-electron chi connectivity index (χ2n) is 8.24. The molecule has 1 atom stereocenters. The van der Waals surface area contributed by atoms with Crippen molar-refractivity contribution in [2.24, 2.45) is 5.41 Å². The number of nitrogens with zero attached hydrogens (tertiary/aromatic N) is 2. The number of carbonyl (C=O) groups is 4. The summed E-state index contributed by atoms with van der Waals surface area (Å²) in [5.41, 5.74) is 0.670. The van der Waals surface area contributed by atoms with Gasteiger partial charge in [0.1, 0.15) is 0 Å². The van der Waals surface area contributed by atoms with Crippen LogP contribution in [-0.2, 0) is 19.2 Å². The van der Waals surface area contributed by atoms with Gasteiger partial charge in [-0.1, -0.05) is 49.7 Å². The Morgan fingerprint density at radius 2 is 1.77 bits per heavy atom. The third-order valence-electron chi connectivity index (χ3n) is 5.25. The number of aryl methyl sites for hydroxylation is 1. The number of halogens is 1. The van der Waals surface area contributed by atoms with Crippen LogP contribution in [0.1, 0.15) is 25.8 Å². The summed E-state index contributed by atoms with van der Waals surface area (Å²) in [6.45, 7) is 5.06. The van der Waals surface area contributed by atoms with Crippen LogP contribution >= 0.6 is 11.6 Å². The number of likely N-dealkylation sites (N-methyl/N-ethyl adjacent to an activating group) is 1. The van der Waals surface area contributed by atoms with E-state index in [2.05, 4.69) is 5.32 Å². The molecule has 0 aromatic heterocycles. The van der Waals surface area contributed by atoms with Gasteiger partial charge in [0.25, 0.3) is 11.8 Å². The summed E-state index contributed by atoms with van der Waals surface area (Å²) in [6, 6.07) is 12.1. The first-order chi connectivity index (χ1) is 14.5. The lowest BCUT2D eigenvalue weighted by Crippen LogP contribution is -2.56. The standard InChI is InChI=1S/C23H24ClN3O4/c1-14-10-11-16(24)17(12-14)25-20(29)19(27-18(28)13-23(2,3)22(27)31)21(30)26(4)15-8-6-5-7-9-15/h5-12,19H,13H2,1-4H3,(H,25,29). The fourth-order valence-electron chi connectivity index (χ4n) is 3.48. The maximum absolute atomic E-state index is 13.4. The molecule has 7 nitrogen and oxygen atoms in total. The molecule has 0 aliphatic carbocycles. The average molecular weight is 442 g/mol. The number of para-hydroxylation sites is 1. The van der Waals surface area contributed by atoms with E-state index in [0.717, 1.165) is 10.5 Å². The van der Waals surface area contributed by atoms with Gasteiger partial charge in [0.2, 0.25) is 11.8 Å². The van der Waals surface area contributed by atoms with E-state index >= 15 is 0 Å². The van der Waals surface area contributed by atoms with Gasteiger partial charge in [0.05, 0.1) is 16.1 Å². The largest absolute Gasteiger partial charge is 0.322 e. The zero-order valence-electron chi connectivity index (χ0n) is 17.8. The van der Waals surface area contributed by atoms with Crippen molar-refractivity contribution in [1.82, 2.24) is 4.90 Å². The highest BCUT2D eigenvalue weighted by Crippen LogP contribution is 2.34. The molecule has 0 radical (unpaired) electrons. The topological polar surface area (TPSA) is 86.8 Å². The van der Waals surface area contributed by atoms with Gasteiger partial charge in [-0.05, 0) is 36.8 Å². The lowest BCUT2D eigenvalue weighted by Gasteiger charge is -2.29. The Kier molecular flexibility index (Phi) is 6.18. The quantitative estimate of drug-likeness (QED) is 0.569. The summed E-state index contributed by atoms with van der Waals surface area (Å²) < 4.78 is 0. The van der Waals surface area contributed by atoms with Crippen molar-refractivity contribution in [3.63, 3.8) is 0 Å². The Morgan fingerprint density at radius 1 is 1.13 bits per heavy atom. The first kappa shape index (κ1) is 22.5. The summed E-state index contributed by atoms with van der Waals surface area (Å²) >= 11 is 6.19. The highest BCUT2D eigenvalue weighted by molar-refractivity contribution is 6.34. The number of likely N-dealkylation sites (tertiary alicyclic amines) is 1. The second kappa shape index (κ2) is 8.51. The number of amides is 4. The second-order valence-corrected chi connectivity index (χ2v) is 8.64. The van der Waals surface area contributed by atoms with Crippen molar-refractivity contribution in [2.45, 2.75) is 33.2 Å². The number of rotatable bonds is 5. The molecule has 8 heteroatoms. The molecule has 1 saturated heterocycles. The van der Waals surface area contributed by atoms with Gasteiger partial charge < -0.3 is 10.2 Å². The minimum Gasteiger partial charge on any atom is -0.322 e. The van der Waals surface area contributed by atoms with Crippen molar-refractivity contribution < 1.29 is 19.2 Å². The average Bonchev–Trinajstić information content (AvgIpc) is 2.92. The zero-order chi connectivity index (χ0) is 22.9. The predicted octanol–water partition coefficient (Wildman–Crippen LogP) is 3.40. The first-order valence-electron chi connectivity index (χ1n) is 9.79. The number of carbonyl (C=O) groups excluding carboxylic acids is 4. The third-order valence-corrected chi connectivity index (χ3v) is 5.58. The molecule has 3 rings (SSSR count). The molecule has 1 aliphatic heterocycles. The minimum atomic E-state index is -1.66. The molecule has 4 amide bonds. The van der Waals surface area contributed by atoms with Crippen LogP contribution in [0.4, 0.5) is 11.4 Å². The number of anilines is 2. The van der Waals surface area contributed by atoms with E-state index in [4.69, 9.17) is 11.6 Å². The van der Waals surface area contributed by atoms with Crippen LogP contribution in [0.2, 0.25) is 5.02 Å². The van der Waals surface area contributed by atoms with Crippen LogP contribution in [0.3, 0.4) is 0 Å². The fraction of sp³-hybridized carbons (Fsp3) is 0.304. The zero-order valence-corrected chi connectivity index (χ0v) is 18.6. The van der Waals surface area contributed by atoms with E-state index in [0.29, 0.717) is 11.4 Å². The molecule has 1 aliphatic rings. The summed E-state index contributed by atoms with van der Waals surface area (Å²) in [5.74, 6) is -2.64. The lowest BCUT2D eigenvalue weighted by atomic mass is 9.92. The third kappa shape index (κ3) is 4.46. The summed E-state index contributed by atoms with van der Waals surface area (Å²) in [5, 5.41) is 2.90.